The number of anilines is 1. The van der Waals surface area contributed by atoms with E-state index in [1.807, 2.05) is 0 Å². The molecule has 3 aliphatic rings. The zero-order valence-electron chi connectivity index (χ0n) is 22.7. The van der Waals surface area contributed by atoms with Crippen molar-refractivity contribution in [1.29, 1.82) is 5.26 Å². The molecule has 3 aromatic rings. The molecule has 6 rings (SSSR count). The number of aromatic nitrogens is 3. The molecular weight excluding hydrogens is 544 g/mol. The van der Waals surface area contributed by atoms with Crippen LogP contribution in [0.15, 0.2) is 34.9 Å². The number of fused-ring (bicyclic) bond motifs is 2. The first-order chi connectivity index (χ1) is 19.2. The van der Waals surface area contributed by atoms with E-state index in [9.17, 15) is 28.3 Å². The minimum Gasteiger partial charge on any atom is -0.465 e. The number of pyridine rings is 1. The summed E-state index contributed by atoms with van der Waals surface area (Å²) in [6.07, 6.45) is -5.02. The monoisotopic (exact) mass is 572 g/mol. The van der Waals surface area contributed by atoms with Crippen LogP contribution in [-0.2, 0) is 11.1 Å². The van der Waals surface area contributed by atoms with Crippen LogP contribution in [0.2, 0.25) is 0 Å². The number of alkyl halides is 4. The van der Waals surface area contributed by atoms with E-state index >= 15 is 4.39 Å². The fourth-order valence-electron chi connectivity index (χ4n) is 6.86. The van der Waals surface area contributed by atoms with Crippen molar-refractivity contribution in [2.45, 2.75) is 63.3 Å². The van der Waals surface area contributed by atoms with Crippen LogP contribution in [0.25, 0.3) is 10.9 Å². The smallest absolute Gasteiger partial charge is 0.407 e. The Hall–Kier alpha value is -3.95. The van der Waals surface area contributed by atoms with Crippen LogP contribution in [0.3, 0.4) is 0 Å². The average Bonchev–Trinajstić information content (AvgIpc) is 3.21. The number of amides is 1. The molecule has 4 atom stereocenters. The molecule has 2 unspecified atom stereocenters. The number of hydrogen-bond acceptors (Lipinski definition) is 7. The third kappa shape index (κ3) is 3.86. The van der Waals surface area contributed by atoms with Crippen LogP contribution in [-0.4, -0.2) is 63.1 Å². The van der Waals surface area contributed by atoms with Crippen LogP contribution in [0.5, 0.6) is 0 Å². The number of nitriles is 1. The lowest BCUT2D eigenvalue weighted by atomic mass is 9.75. The summed E-state index contributed by atoms with van der Waals surface area (Å²) >= 11 is 0. The third-order valence-corrected chi connectivity index (χ3v) is 9.17. The van der Waals surface area contributed by atoms with Gasteiger partial charge in [-0.05, 0) is 36.1 Å². The van der Waals surface area contributed by atoms with Gasteiger partial charge >= 0.3 is 12.3 Å². The molecule has 0 radical (unpaired) electrons. The van der Waals surface area contributed by atoms with Gasteiger partial charge in [0, 0.05) is 55.8 Å². The molecule has 1 amide bonds. The Morgan fingerprint density at radius 3 is 2.56 bits per heavy atom. The highest BCUT2D eigenvalue weighted by Gasteiger charge is 2.86. The number of likely N-dealkylation sites (tertiary alicyclic amines) is 1. The van der Waals surface area contributed by atoms with E-state index in [0.717, 1.165) is 0 Å². The van der Waals surface area contributed by atoms with E-state index in [4.69, 9.17) is 4.42 Å². The largest absolute Gasteiger partial charge is 0.465 e. The van der Waals surface area contributed by atoms with Gasteiger partial charge in [-0.15, -0.1) is 10.2 Å². The molecule has 1 aromatic carbocycles. The summed E-state index contributed by atoms with van der Waals surface area (Å²) in [5.41, 5.74) is -5.33. The SMILES string of the molecule is CC(C)(C)C1CC(F)(c2nnc([C@]34CN(c5ccc(C#N)c6ncccc56)C[C@@]3(C(F)(F)F)C4)o2)CCN1C(=O)O. The van der Waals surface area contributed by atoms with Gasteiger partial charge in [-0.1, -0.05) is 20.8 Å². The van der Waals surface area contributed by atoms with E-state index in [0.29, 0.717) is 22.2 Å². The quantitative estimate of drug-likeness (QED) is 0.406. The number of piperidine rings is 2. The third-order valence-electron chi connectivity index (χ3n) is 9.17. The van der Waals surface area contributed by atoms with Crippen LogP contribution in [0, 0.1) is 22.2 Å². The van der Waals surface area contributed by atoms with E-state index in [1.54, 1.807) is 43.9 Å². The molecule has 41 heavy (non-hydrogen) atoms. The van der Waals surface area contributed by atoms with Crippen molar-refractivity contribution in [2.75, 3.05) is 24.5 Å². The van der Waals surface area contributed by atoms with Gasteiger partial charge in [0.25, 0.3) is 5.89 Å². The Morgan fingerprint density at radius 1 is 1.17 bits per heavy atom. The molecule has 1 N–H and O–H groups in total. The number of carboxylic acid groups (broad SMARTS) is 1. The highest BCUT2D eigenvalue weighted by atomic mass is 19.4. The second-order valence-electron chi connectivity index (χ2n) is 12.5. The summed E-state index contributed by atoms with van der Waals surface area (Å²) in [4.78, 5) is 18.8. The number of carbonyl (C=O) groups is 1. The van der Waals surface area contributed by atoms with Crippen molar-refractivity contribution >= 4 is 22.7 Å². The molecular formula is C28H28F4N6O3. The molecule has 1 saturated carbocycles. The molecule has 2 saturated heterocycles. The number of rotatable bonds is 3. The summed E-state index contributed by atoms with van der Waals surface area (Å²) in [6, 6.07) is 7.88. The highest BCUT2D eigenvalue weighted by Crippen LogP contribution is 2.75. The zero-order valence-corrected chi connectivity index (χ0v) is 22.7. The van der Waals surface area contributed by atoms with Crippen LogP contribution >= 0.6 is 0 Å². The van der Waals surface area contributed by atoms with Crippen LogP contribution < -0.4 is 4.90 Å². The molecule has 13 heteroatoms. The van der Waals surface area contributed by atoms with Crippen LogP contribution in [0.4, 0.5) is 28.0 Å². The van der Waals surface area contributed by atoms with Gasteiger partial charge in [0.2, 0.25) is 5.89 Å². The Bertz CT molecular complexity index is 1600. The Labute approximate surface area is 232 Å². The molecule has 9 nitrogen and oxygen atoms in total. The predicted octanol–water partition coefficient (Wildman–Crippen LogP) is 5.55. The van der Waals surface area contributed by atoms with Gasteiger partial charge in [0.15, 0.2) is 5.67 Å². The standard InChI is InChI=1S/C28H28F4N6O3/c1-24(2,3)19-11-26(29,8-10-38(19)23(39)40)22-36-35-21(41-22)25-13-27(25,28(30,31)32)15-37(14-25)18-7-6-16(12-33)20-17(18)5-4-9-34-20/h4-7,9,19H,8,10-11,13-15H2,1-3H3,(H,39,40)/t19?,25-,26?,27-/m0/s1. The maximum absolute atomic E-state index is 16.4. The number of hydrogen-bond donors (Lipinski definition) is 1. The van der Waals surface area contributed by atoms with Gasteiger partial charge in [0.1, 0.15) is 11.5 Å². The average molecular weight is 573 g/mol. The highest BCUT2D eigenvalue weighted by molar-refractivity contribution is 5.95. The van der Waals surface area contributed by atoms with Crippen molar-refractivity contribution in [1.82, 2.24) is 20.1 Å². The van der Waals surface area contributed by atoms with Crippen molar-refractivity contribution < 1.29 is 31.9 Å². The molecule has 3 fully saturated rings. The maximum Gasteiger partial charge on any atom is 0.407 e. The lowest BCUT2D eigenvalue weighted by Crippen LogP contribution is -2.54. The summed E-state index contributed by atoms with van der Waals surface area (Å²) < 4.78 is 66.2. The summed E-state index contributed by atoms with van der Waals surface area (Å²) in [5.74, 6) is -0.691. The molecule has 2 aliphatic heterocycles. The van der Waals surface area contributed by atoms with E-state index in [1.165, 1.54) is 17.2 Å². The fourth-order valence-corrected chi connectivity index (χ4v) is 6.86. The normalized spacial score (nSPS) is 29.9. The maximum atomic E-state index is 16.4. The topological polar surface area (TPSA) is 119 Å². The molecule has 4 heterocycles. The van der Waals surface area contributed by atoms with Gasteiger partial charge < -0.3 is 19.3 Å². The minimum atomic E-state index is -4.60. The fraction of sp³-hybridized carbons (Fsp3) is 0.536. The lowest BCUT2D eigenvalue weighted by molar-refractivity contribution is -0.187. The van der Waals surface area contributed by atoms with Crippen LogP contribution in [0.1, 0.15) is 57.4 Å². The molecule has 1 aliphatic carbocycles. The first kappa shape index (κ1) is 27.2. The predicted molar refractivity (Wildman–Crippen MR) is 138 cm³/mol. The van der Waals surface area contributed by atoms with E-state index < -0.39 is 46.1 Å². The van der Waals surface area contributed by atoms with E-state index in [2.05, 4.69) is 21.3 Å². The Morgan fingerprint density at radius 2 is 1.90 bits per heavy atom. The summed E-state index contributed by atoms with van der Waals surface area (Å²) in [6.45, 7) is 4.82. The zero-order chi connectivity index (χ0) is 29.6. The van der Waals surface area contributed by atoms with Gasteiger partial charge in [-0.2, -0.15) is 18.4 Å². The Kier molecular flexibility index (Phi) is 5.67. The Balaban J connectivity index is 1.36. The molecule has 0 spiro atoms. The van der Waals surface area contributed by atoms with Crippen molar-refractivity contribution in [3.8, 4) is 6.07 Å². The first-order valence-corrected chi connectivity index (χ1v) is 13.3. The number of nitrogens with zero attached hydrogens (tertiary/aromatic N) is 6. The summed E-state index contributed by atoms with van der Waals surface area (Å²) in [7, 11) is 0. The number of halogens is 4. The second kappa shape index (κ2) is 8.53. The van der Waals surface area contributed by atoms with Gasteiger partial charge in [0.05, 0.1) is 16.5 Å². The van der Waals surface area contributed by atoms with E-state index in [-0.39, 0.29) is 44.8 Å². The van der Waals surface area contributed by atoms with Crippen molar-refractivity contribution in [3.63, 3.8) is 0 Å². The van der Waals surface area contributed by atoms with Gasteiger partial charge in [-0.3, -0.25) is 4.98 Å². The first-order valence-electron chi connectivity index (χ1n) is 13.3. The molecule has 2 aromatic heterocycles. The lowest BCUT2D eigenvalue weighted by Gasteiger charge is -2.45. The summed E-state index contributed by atoms with van der Waals surface area (Å²) in [5, 5.41) is 27.5. The molecule has 216 valence electrons. The van der Waals surface area contributed by atoms with Crippen molar-refractivity contribution in [2.24, 2.45) is 10.8 Å². The minimum absolute atomic E-state index is 0.0965. The number of benzene rings is 1. The molecule has 0 bridgehead atoms. The van der Waals surface area contributed by atoms with Gasteiger partial charge in [-0.25, -0.2) is 9.18 Å². The van der Waals surface area contributed by atoms with Crippen molar-refractivity contribution in [3.05, 3.63) is 47.8 Å². The second-order valence-corrected chi connectivity index (χ2v) is 12.5.